The molecule has 150 valence electrons. The third-order valence-electron chi connectivity index (χ3n) is 5.08. The highest BCUT2D eigenvalue weighted by molar-refractivity contribution is 5.92. The Morgan fingerprint density at radius 1 is 1.03 bits per heavy atom. The smallest absolute Gasteiger partial charge is 0.328 e. The molecular weight excluding hydrogens is 379 g/mol. The second-order valence-corrected chi connectivity index (χ2v) is 7.18. The van der Waals surface area contributed by atoms with Crippen molar-refractivity contribution in [2.45, 2.75) is 38.4 Å². The van der Waals surface area contributed by atoms with Crippen LogP contribution in [0.5, 0.6) is 0 Å². The van der Waals surface area contributed by atoms with Crippen molar-refractivity contribution >= 4 is 11.6 Å². The van der Waals surface area contributed by atoms with Gasteiger partial charge in [-0.1, -0.05) is 12.1 Å². The van der Waals surface area contributed by atoms with E-state index in [1.54, 1.807) is 0 Å². The van der Waals surface area contributed by atoms with Crippen molar-refractivity contribution in [2.24, 2.45) is 0 Å². The van der Waals surface area contributed by atoms with Gasteiger partial charge in [-0.05, 0) is 61.2 Å². The average Bonchev–Trinajstić information content (AvgIpc) is 3.12. The number of amides is 1. The maximum absolute atomic E-state index is 12.6. The minimum Gasteiger partial charge on any atom is -0.328 e. The van der Waals surface area contributed by atoms with E-state index in [4.69, 9.17) is 0 Å². The number of carbonyl (C=O) groups excluding carboxylic acids is 1. The number of anilines is 1. The number of benzene rings is 2. The van der Waals surface area contributed by atoms with Gasteiger partial charge in [-0.15, -0.1) is 0 Å². The Morgan fingerprint density at radius 3 is 2.45 bits per heavy atom. The average molecular weight is 399 g/mol. The third kappa shape index (κ3) is 4.34. The van der Waals surface area contributed by atoms with E-state index < -0.39 is 11.7 Å². The molecule has 0 spiro atoms. The Hall–Kier alpha value is -3.09. The molecule has 0 aliphatic carbocycles. The number of hydrogen-bond donors (Lipinski definition) is 1. The van der Waals surface area contributed by atoms with Gasteiger partial charge in [0.15, 0.2) is 0 Å². The summed E-state index contributed by atoms with van der Waals surface area (Å²) in [6, 6.07) is 12.1. The van der Waals surface area contributed by atoms with Crippen LogP contribution in [0.3, 0.4) is 0 Å². The van der Waals surface area contributed by atoms with Crippen molar-refractivity contribution in [2.75, 3.05) is 5.32 Å². The summed E-state index contributed by atoms with van der Waals surface area (Å²) in [6.07, 6.45) is 0.938. The second-order valence-electron chi connectivity index (χ2n) is 7.18. The standard InChI is InChI=1S/C22H20F3N3O/c23-22(24,25)17-8-4-15(5-9-17)13-20(29)27-18-10-6-16(7-11-18)21-26-14-19-3-1-2-12-28(19)21/h4-11,14H,1-3,12-13H2,(H,27,29). The lowest BCUT2D eigenvalue weighted by Gasteiger charge is -2.16. The normalized spacial score (nSPS) is 13.8. The molecule has 0 unspecified atom stereocenters. The summed E-state index contributed by atoms with van der Waals surface area (Å²) < 4.78 is 40.1. The Bertz CT molecular complexity index is 1010. The second kappa shape index (κ2) is 7.73. The number of alkyl halides is 3. The monoisotopic (exact) mass is 399 g/mol. The van der Waals surface area contributed by atoms with Crippen LogP contribution < -0.4 is 5.32 Å². The molecule has 7 heteroatoms. The molecule has 0 saturated carbocycles. The number of imidazole rings is 1. The van der Waals surface area contributed by atoms with Gasteiger partial charge in [0.2, 0.25) is 5.91 Å². The number of aromatic nitrogens is 2. The maximum atomic E-state index is 12.6. The summed E-state index contributed by atoms with van der Waals surface area (Å²) in [4.78, 5) is 16.8. The molecule has 1 aromatic heterocycles. The molecule has 1 aliphatic heterocycles. The molecular formula is C22H20F3N3O. The lowest BCUT2D eigenvalue weighted by atomic mass is 10.1. The number of carbonyl (C=O) groups is 1. The van der Waals surface area contributed by atoms with Crippen LogP contribution in [0.15, 0.2) is 54.7 Å². The summed E-state index contributed by atoms with van der Waals surface area (Å²) in [5.41, 5.74) is 2.67. The van der Waals surface area contributed by atoms with Crippen molar-refractivity contribution < 1.29 is 18.0 Å². The first-order valence-corrected chi connectivity index (χ1v) is 9.51. The summed E-state index contributed by atoms with van der Waals surface area (Å²) in [5.74, 6) is 0.651. The van der Waals surface area contributed by atoms with E-state index in [1.165, 1.54) is 24.2 Å². The Morgan fingerprint density at radius 2 is 1.76 bits per heavy atom. The zero-order valence-electron chi connectivity index (χ0n) is 15.7. The molecule has 0 fully saturated rings. The summed E-state index contributed by atoms with van der Waals surface area (Å²) >= 11 is 0. The summed E-state index contributed by atoms with van der Waals surface area (Å²) in [5, 5.41) is 2.78. The first kappa shape index (κ1) is 19.2. The quantitative estimate of drug-likeness (QED) is 0.665. The van der Waals surface area contributed by atoms with E-state index in [0.717, 1.165) is 42.9 Å². The fourth-order valence-corrected chi connectivity index (χ4v) is 3.57. The van der Waals surface area contributed by atoms with Gasteiger partial charge in [-0.25, -0.2) is 4.98 Å². The van der Waals surface area contributed by atoms with E-state index in [1.807, 2.05) is 30.5 Å². The molecule has 4 nitrogen and oxygen atoms in total. The molecule has 1 N–H and O–H groups in total. The number of halogens is 3. The molecule has 1 amide bonds. The number of rotatable bonds is 4. The van der Waals surface area contributed by atoms with Gasteiger partial charge in [-0.3, -0.25) is 4.79 Å². The first-order valence-electron chi connectivity index (χ1n) is 9.51. The lowest BCUT2D eigenvalue weighted by Crippen LogP contribution is -2.14. The van der Waals surface area contributed by atoms with Crippen molar-refractivity contribution in [3.05, 3.63) is 71.5 Å². The minimum absolute atomic E-state index is 0.00759. The SMILES string of the molecule is O=C(Cc1ccc(C(F)(F)F)cc1)Nc1ccc(-c2ncc3n2CCCC3)cc1. The molecule has 2 aromatic carbocycles. The van der Waals surface area contributed by atoms with E-state index in [9.17, 15) is 18.0 Å². The lowest BCUT2D eigenvalue weighted by molar-refractivity contribution is -0.137. The van der Waals surface area contributed by atoms with Gasteiger partial charge in [0.1, 0.15) is 5.82 Å². The summed E-state index contributed by atoms with van der Waals surface area (Å²) in [6.45, 7) is 0.969. The van der Waals surface area contributed by atoms with Gasteiger partial charge in [0.05, 0.1) is 12.0 Å². The first-order chi connectivity index (χ1) is 13.9. The number of aryl methyl sites for hydroxylation is 1. The zero-order valence-corrected chi connectivity index (χ0v) is 15.7. The number of fused-ring (bicyclic) bond motifs is 1. The van der Waals surface area contributed by atoms with Gasteiger partial charge < -0.3 is 9.88 Å². The summed E-state index contributed by atoms with van der Waals surface area (Å²) in [7, 11) is 0. The molecule has 1 aliphatic rings. The highest BCUT2D eigenvalue weighted by Gasteiger charge is 2.30. The molecule has 2 heterocycles. The van der Waals surface area contributed by atoms with Gasteiger partial charge in [0, 0.05) is 29.7 Å². The van der Waals surface area contributed by atoms with Gasteiger partial charge in [-0.2, -0.15) is 13.2 Å². The van der Waals surface area contributed by atoms with E-state index in [-0.39, 0.29) is 12.3 Å². The molecule has 0 saturated heterocycles. The maximum Gasteiger partial charge on any atom is 0.416 e. The van der Waals surface area contributed by atoms with E-state index >= 15 is 0 Å². The molecule has 0 atom stereocenters. The predicted octanol–water partition coefficient (Wildman–Crippen LogP) is 5.09. The van der Waals surface area contributed by atoms with Crippen LogP contribution >= 0.6 is 0 Å². The zero-order chi connectivity index (χ0) is 20.4. The van der Waals surface area contributed by atoms with Gasteiger partial charge >= 0.3 is 6.18 Å². The van der Waals surface area contributed by atoms with Crippen molar-refractivity contribution in [1.29, 1.82) is 0 Å². The third-order valence-corrected chi connectivity index (χ3v) is 5.08. The van der Waals surface area contributed by atoms with Crippen molar-refractivity contribution in [3.8, 4) is 11.4 Å². The van der Waals surface area contributed by atoms with Crippen LogP contribution in [-0.2, 0) is 30.4 Å². The highest BCUT2D eigenvalue weighted by Crippen LogP contribution is 2.29. The molecule has 0 bridgehead atoms. The Kier molecular flexibility index (Phi) is 5.13. The van der Waals surface area contributed by atoms with Crippen LogP contribution in [0.1, 0.15) is 29.7 Å². The molecule has 4 rings (SSSR count). The number of nitrogens with one attached hydrogen (secondary N) is 1. The van der Waals surface area contributed by atoms with Crippen molar-refractivity contribution in [1.82, 2.24) is 9.55 Å². The fraction of sp³-hybridized carbons (Fsp3) is 0.273. The van der Waals surface area contributed by atoms with Crippen LogP contribution in [0.25, 0.3) is 11.4 Å². The van der Waals surface area contributed by atoms with Crippen molar-refractivity contribution in [3.63, 3.8) is 0 Å². The van der Waals surface area contributed by atoms with Crippen LogP contribution in [-0.4, -0.2) is 15.5 Å². The topological polar surface area (TPSA) is 46.9 Å². The molecule has 29 heavy (non-hydrogen) atoms. The number of hydrogen-bond acceptors (Lipinski definition) is 2. The van der Waals surface area contributed by atoms with Gasteiger partial charge in [0.25, 0.3) is 0 Å². The number of nitrogens with zero attached hydrogens (tertiary/aromatic N) is 2. The Balaban J connectivity index is 1.40. The Labute approximate surface area is 166 Å². The molecule has 3 aromatic rings. The van der Waals surface area contributed by atoms with Crippen LogP contribution in [0.4, 0.5) is 18.9 Å². The van der Waals surface area contributed by atoms with Crippen LogP contribution in [0, 0.1) is 0 Å². The van der Waals surface area contributed by atoms with E-state index in [0.29, 0.717) is 11.3 Å². The minimum atomic E-state index is -4.38. The molecule has 0 radical (unpaired) electrons. The predicted molar refractivity (Wildman–Crippen MR) is 104 cm³/mol. The largest absolute Gasteiger partial charge is 0.416 e. The fourth-order valence-electron chi connectivity index (χ4n) is 3.57. The van der Waals surface area contributed by atoms with Crippen LogP contribution in [0.2, 0.25) is 0 Å². The highest BCUT2D eigenvalue weighted by atomic mass is 19.4. The van der Waals surface area contributed by atoms with E-state index in [2.05, 4.69) is 14.9 Å².